The number of carboxylic acids is 1. The Bertz CT molecular complexity index is 268. The van der Waals surface area contributed by atoms with E-state index in [0.29, 0.717) is 17.9 Å². The van der Waals surface area contributed by atoms with Crippen molar-refractivity contribution in [2.45, 2.75) is 65.3 Å². The van der Waals surface area contributed by atoms with Crippen LogP contribution in [0.3, 0.4) is 0 Å². The fourth-order valence-corrected chi connectivity index (χ4v) is 1.84. The molecule has 1 amide bonds. The number of carbonyl (C=O) groups excluding carboxylic acids is 1. The molecule has 0 radical (unpaired) electrons. The average Bonchev–Trinajstić information content (AvgIpc) is 2.34. The Labute approximate surface area is 109 Å². The molecule has 0 spiro atoms. The monoisotopic (exact) mass is 259 g/mol. The zero-order valence-corrected chi connectivity index (χ0v) is 11.6. The standard InChI is InChI=1S/C13H25NO4/c1-4-6-7-8-12(15)14(18)10(3)9-11(5-2)13(16)17/h10-11,18H,4-9H2,1-3H3,(H,16,17). The lowest BCUT2D eigenvalue weighted by molar-refractivity contribution is -0.177. The molecule has 0 aliphatic heterocycles. The summed E-state index contributed by atoms with van der Waals surface area (Å²) in [4.78, 5) is 22.5. The predicted octanol–water partition coefficient (Wildman–Crippen LogP) is 2.67. The van der Waals surface area contributed by atoms with E-state index in [1.165, 1.54) is 0 Å². The summed E-state index contributed by atoms with van der Waals surface area (Å²) in [5, 5.41) is 19.3. The van der Waals surface area contributed by atoms with Gasteiger partial charge in [-0.3, -0.25) is 14.8 Å². The van der Waals surface area contributed by atoms with Crippen molar-refractivity contribution < 1.29 is 19.9 Å². The molecule has 0 saturated carbocycles. The van der Waals surface area contributed by atoms with Crippen molar-refractivity contribution in [3.05, 3.63) is 0 Å². The van der Waals surface area contributed by atoms with Crippen LogP contribution < -0.4 is 0 Å². The molecule has 2 unspecified atom stereocenters. The second-order valence-electron chi connectivity index (χ2n) is 4.72. The number of hydroxylamine groups is 2. The highest BCUT2D eigenvalue weighted by atomic mass is 16.5. The van der Waals surface area contributed by atoms with Crippen LogP contribution in [0.5, 0.6) is 0 Å². The molecule has 2 N–H and O–H groups in total. The number of carbonyl (C=O) groups is 2. The number of unbranched alkanes of at least 4 members (excludes halogenated alkanes) is 2. The normalized spacial score (nSPS) is 14.0. The summed E-state index contributed by atoms with van der Waals surface area (Å²) in [5.41, 5.74) is 0. The van der Waals surface area contributed by atoms with Crippen LogP contribution in [0.1, 0.15) is 59.3 Å². The van der Waals surface area contributed by atoms with Crippen LogP contribution in [0.25, 0.3) is 0 Å². The van der Waals surface area contributed by atoms with Gasteiger partial charge in [0.25, 0.3) is 0 Å². The molecule has 5 nitrogen and oxygen atoms in total. The summed E-state index contributed by atoms with van der Waals surface area (Å²) in [6.45, 7) is 5.50. The Hall–Kier alpha value is -1.10. The third kappa shape index (κ3) is 6.00. The first-order chi connectivity index (χ1) is 8.43. The van der Waals surface area contributed by atoms with Gasteiger partial charge in [-0.25, -0.2) is 5.06 Å². The van der Waals surface area contributed by atoms with Crippen molar-refractivity contribution in [1.29, 1.82) is 0 Å². The summed E-state index contributed by atoms with van der Waals surface area (Å²) in [6, 6.07) is -0.458. The van der Waals surface area contributed by atoms with Crippen LogP contribution in [0.4, 0.5) is 0 Å². The summed E-state index contributed by atoms with van der Waals surface area (Å²) < 4.78 is 0. The Kier molecular flexibility index (Phi) is 8.37. The van der Waals surface area contributed by atoms with Gasteiger partial charge in [-0.15, -0.1) is 0 Å². The number of hydrogen-bond donors (Lipinski definition) is 2. The minimum Gasteiger partial charge on any atom is -0.481 e. The van der Waals surface area contributed by atoms with E-state index in [4.69, 9.17) is 5.11 Å². The molecule has 0 heterocycles. The first kappa shape index (κ1) is 16.9. The molecule has 0 aromatic rings. The van der Waals surface area contributed by atoms with Gasteiger partial charge in [0.2, 0.25) is 5.91 Å². The zero-order valence-electron chi connectivity index (χ0n) is 11.6. The molecular formula is C13H25NO4. The lowest BCUT2D eigenvalue weighted by atomic mass is 9.98. The van der Waals surface area contributed by atoms with E-state index < -0.39 is 17.9 Å². The van der Waals surface area contributed by atoms with E-state index in [-0.39, 0.29) is 12.3 Å². The molecule has 0 aromatic heterocycles. The van der Waals surface area contributed by atoms with E-state index in [9.17, 15) is 14.8 Å². The van der Waals surface area contributed by atoms with Gasteiger partial charge >= 0.3 is 5.97 Å². The second-order valence-corrected chi connectivity index (χ2v) is 4.72. The molecule has 0 fully saturated rings. The van der Waals surface area contributed by atoms with E-state index in [0.717, 1.165) is 19.3 Å². The molecule has 0 saturated heterocycles. The van der Waals surface area contributed by atoms with Gasteiger partial charge < -0.3 is 5.11 Å². The Morgan fingerprint density at radius 3 is 2.28 bits per heavy atom. The highest BCUT2D eigenvalue weighted by Gasteiger charge is 2.24. The molecule has 18 heavy (non-hydrogen) atoms. The van der Waals surface area contributed by atoms with Gasteiger partial charge in [-0.2, -0.15) is 0 Å². The van der Waals surface area contributed by atoms with Crippen molar-refractivity contribution in [3.8, 4) is 0 Å². The van der Waals surface area contributed by atoms with Crippen LogP contribution in [0, 0.1) is 5.92 Å². The maximum atomic E-state index is 11.6. The number of nitrogens with zero attached hydrogens (tertiary/aromatic N) is 1. The van der Waals surface area contributed by atoms with Gasteiger partial charge in [0.05, 0.1) is 12.0 Å². The number of rotatable bonds is 9. The minimum atomic E-state index is -0.879. The van der Waals surface area contributed by atoms with E-state index in [1.54, 1.807) is 13.8 Å². The lowest BCUT2D eigenvalue weighted by Gasteiger charge is -2.24. The third-order valence-electron chi connectivity index (χ3n) is 3.13. The smallest absolute Gasteiger partial charge is 0.306 e. The van der Waals surface area contributed by atoms with Crippen molar-refractivity contribution in [3.63, 3.8) is 0 Å². The molecule has 0 bridgehead atoms. The molecular weight excluding hydrogens is 234 g/mol. The van der Waals surface area contributed by atoms with E-state index in [1.807, 2.05) is 6.92 Å². The third-order valence-corrected chi connectivity index (χ3v) is 3.13. The topological polar surface area (TPSA) is 77.8 Å². The first-order valence-electron chi connectivity index (χ1n) is 6.67. The lowest BCUT2D eigenvalue weighted by Crippen LogP contribution is -2.37. The summed E-state index contributed by atoms with van der Waals surface area (Å²) >= 11 is 0. The summed E-state index contributed by atoms with van der Waals surface area (Å²) in [5.74, 6) is -1.72. The fourth-order valence-electron chi connectivity index (χ4n) is 1.84. The average molecular weight is 259 g/mol. The molecule has 106 valence electrons. The van der Waals surface area contributed by atoms with E-state index in [2.05, 4.69) is 0 Å². The largest absolute Gasteiger partial charge is 0.481 e. The number of hydrogen-bond acceptors (Lipinski definition) is 3. The number of aliphatic carboxylic acids is 1. The quantitative estimate of drug-likeness (QED) is 0.379. The molecule has 0 aliphatic carbocycles. The van der Waals surface area contributed by atoms with Gasteiger partial charge in [-0.1, -0.05) is 26.7 Å². The van der Waals surface area contributed by atoms with Crippen molar-refractivity contribution in [2.24, 2.45) is 5.92 Å². The summed E-state index contributed by atoms with van der Waals surface area (Å²) in [7, 11) is 0. The van der Waals surface area contributed by atoms with Crippen molar-refractivity contribution in [2.75, 3.05) is 0 Å². The van der Waals surface area contributed by atoms with Crippen molar-refractivity contribution in [1.82, 2.24) is 5.06 Å². The van der Waals surface area contributed by atoms with Crippen LogP contribution >= 0.6 is 0 Å². The maximum absolute atomic E-state index is 11.6. The highest BCUT2D eigenvalue weighted by molar-refractivity contribution is 5.75. The maximum Gasteiger partial charge on any atom is 0.306 e. The van der Waals surface area contributed by atoms with E-state index >= 15 is 0 Å². The Balaban J connectivity index is 4.19. The predicted molar refractivity (Wildman–Crippen MR) is 68.3 cm³/mol. The van der Waals surface area contributed by atoms with Crippen LogP contribution in [0.2, 0.25) is 0 Å². The molecule has 0 rings (SSSR count). The van der Waals surface area contributed by atoms with Crippen LogP contribution in [-0.2, 0) is 9.59 Å². The van der Waals surface area contributed by atoms with Crippen LogP contribution in [-0.4, -0.2) is 33.3 Å². The fraction of sp³-hybridized carbons (Fsp3) is 0.846. The van der Waals surface area contributed by atoms with Gasteiger partial charge in [0, 0.05) is 6.42 Å². The minimum absolute atomic E-state index is 0.280. The molecule has 0 aromatic carbocycles. The number of carboxylic acid groups (broad SMARTS) is 1. The zero-order chi connectivity index (χ0) is 14.1. The Morgan fingerprint density at radius 1 is 1.22 bits per heavy atom. The first-order valence-corrected chi connectivity index (χ1v) is 6.67. The molecule has 0 aliphatic rings. The number of amides is 1. The molecule has 5 heteroatoms. The van der Waals surface area contributed by atoms with Gasteiger partial charge in [0.1, 0.15) is 0 Å². The van der Waals surface area contributed by atoms with Crippen LogP contribution in [0.15, 0.2) is 0 Å². The Morgan fingerprint density at radius 2 is 1.83 bits per heavy atom. The van der Waals surface area contributed by atoms with Gasteiger partial charge in [0.15, 0.2) is 0 Å². The van der Waals surface area contributed by atoms with Gasteiger partial charge in [-0.05, 0) is 26.2 Å². The summed E-state index contributed by atoms with van der Waals surface area (Å²) in [6.07, 6.45) is 3.83. The van der Waals surface area contributed by atoms with Crippen molar-refractivity contribution >= 4 is 11.9 Å². The molecule has 2 atom stereocenters. The second kappa shape index (κ2) is 8.91. The highest BCUT2D eigenvalue weighted by Crippen LogP contribution is 2.15. The SMILES string of the molecule is CCCCCC(=O)N(O)C(C)CC(CC)C(=O)O.